The van der Waals surface area contributed by atoms with Crippen molar-refractivity contribution in [3.05, 3.63) is 70.8 Å². The number of hydrogen-bond donors (Lipinski definition) is 0. The summed E-state index contributed by atoms with van der Waals surface area (Å²) >= 11 is 0. The van der Waals surface area contributed by atoms with E-state index in [-0.39, 0.29) is 17.5 Å². The van der Waals surface area contributed by atoms with Crippen LogP contribution in [0.25, 0.3) is 0 Å². The van der Waals surface area contributed by atoms with Crippen LogP contribution < -0.4 is 0 Å². The zero-order valence-corrected chi connectivity index (χ0v) is 19.5. The highest BCUT2D eigenvalue weighted by atomic mass is 19.4. The molecule has 2 aromatic rings. The van der Waals surface area contributed by atoms with E-state index in [1.165, 1.54) is 19.2 Å². The summed E-state index contributed by atoms with van der Waals surface area (Å²) in [5, 5.41) is 0. The predicted octanol–water partition coefficient (Wildman–Crippen LogP) is 5.60. The summed E-state index contributed by atoms with van der Waals surface area (Å²) in [5.74, 6) is 5.14. The number of fused-ring (bicyclic) bond motifs is 1. The number of halogens is 3. The Balaban J connectivity index is 1.72. The molecule has 35 heavy (non-hydrogen) atoms. The van der Waals surface area contributed by atoms with Crippen molar-refractivity contribution in [3.8, 4) is 11.8 Å². The van der Waals surface area contributed by atoms with Gasteiger partial charge in [-0.1, -0.05) is 24.1 Å². The minimum atomic E-state index is -4.58. The molecule has 2 fully saturated rings. The summed E-state index contributed by atoms with van der Waals surface area (Å²) in [6.07, 6.45) is -2.74. The number of carbonyl (C=O) groups excluding carboxylic acids is 2. The van der Waals surface area contributed by atoms with Gasteiger partial charge in [-0.05, 0) is 74.4 Å². The van der Waals surface area contributed by atoms with E-state index in [4.69, 9.17) is 9.47 Å². The largest absolute Gasteiger partial charge is 0.453 e. The molecule has 0 spiro atoms. The van der Waals surface area contributed by atoms with Crippen molar-refractivity contribution in [2.75, 3.05) is 13.7 Å². The van der Waals surface area contributed by atoms with E-state index in [1.54, 1.807) is 4.90 Å². The molecule has 1 amide bonds. The summed E-state index contributed by atoms with van der Waals surface area (Å²) in [5.41, 5.74) is -0.607. The molecule has 0 radical (unpaired) electrons. The van der Waals surface area contributed by atoms with Crippen molar-refractivity contribution in [3.63, 3.8) is 0 Å². The average Bonchev–Trinajstić information content (AvgIpc) is 3.28. The molecule has 8 heteroatoms. The molecule has 1 aliphatic carbocycles. The second-order valence-electron chi connectivity index (χ2n) is 9.00. The maximum absolute atomic E-state index is 13.2. The number of nitrogens with zero attached hydrogens (tertiary/aromatic N) is 1. The van der Waals surface area contributed by atoms with E-state index < -0.39 is 29.4 Å². The van der Waals surface area contributed by atoms with Crippen LogP contribution in [0.5, 0.6) is 0 Å². The van der Waals surface area contributed by atoms with Crippen LogP contribution in [0.15, 0.2) is 48.5 Å². The van der Waals surface area contributed by atoms with Crippen LogP contribution in [0.4, 0.5) is 18.0 Å². The summed E-state index contributed by atoms with van der Waals surface area (Å²) in [4.78, 5) is 27.1. The van der Waals surface area contributed by atoms with Crippen molar-refractivity contribution in [1.82, 2.24) is 4.90 Å². The van der Waals surface area contributed by atoms with Gasteiger partial charge >= 0.3 is 18.2 Å². The summed E-state index contributed by atoms with van der Waals surface area (Å²) in [7, 11) is 1.32. The molecule has 2 aromatic carbocycles. The van der Waals surface area contributed by atoms with E-state index in [0.29, 0.717) is 32.2 Å². The fourth-order valence-electron chi connectivity index (χ4n) is 5.11. The van der Waals surface area contributed by atoms with Gasteiger partial charge in [0.1, 0.15) is 0 Å². The molecule has 4 rings (SSSR count). The van der Waals surface area contributed by atoms with Crippen molar-refractivity contribution < 1.29 is 32.2 Å². The van der Waals surface area contributed by atoms with Gasteiger partial charge in [0.15, 0.2) is 5.60 Å². The molecule has 1 saturated carbocycles. The lowest BCUT2D eigenvalue weighted by Gasteiger charge is -2.42. The van der Waals surface area contributed by atoms with Crippen molar-refractivity contribution in [2.45, 2.75) is 50.4 Å². The van der Waals surface area contributed by atoms with Gasteiger partial charge in [-0.3, -0.25) is 0 Å². The van der Waals surface area contributed by atoms with Gasteiger partial charge in [0.2, 0.25) is 0 Å². The molecular weight excluding hydrogens is 459 g/mol. The lowest BCUT2D eigenvalue weighted by Crippen LogP contribution is -2.51. The third kappa shape index (κ3) is 5.14. The first kappa shape index (κ1) is 24.6. The number of likely N-dealkylation sites (tertiary alicyclic amines) is 1. The number of hydrogen-bond acceptors (Lipinski definition) is 4. The fourth-order valence-corrected chi connectivity index (χ4v) is 5.11. The highest BCUT2D eigenvalue weighted by Crippen LogP contribution is 2.45. The van der Waals surface area contributed by atoms with Gasteiger partial charge in [-0.15, -0.1) is 0 Å². The molecule has 2 aliphatic rings. The molecule has 0 aromatic heterocycles. The Hall–Kier alpha value is -3.47. The van der Waals surface area contributed by atoms with E-state index in [9.17, 15) is 22.8 Å². The van der Waals surface area contributed by atoms with Crippen LogP contribution in [0.3, 0.4) is 0 Å². The number of alkyl halides is 3. The Labute approximate surface area is 202 Å². The number of aryl methyl sites for hydroxylation is 1. The van der Waals surface area contributed by atoms with Crippen molar-refractivity contribution >= 4 is 12.1 Å². The molecule has 1 saturated heterocycles. The molecule has 0 unspecified atom stereocenters. The maximum atomic E-state index is 13.2. The van der Waals surface area contributed by atoms with Gasteiger partial charge < -0.3 is 14.4 Å². The van der Waals surface area contributed by atoms with Crippen LogP contribution in [-0.2, 0) is 15.7 Å². The molecule has 3 atom stereocenters. The van der Waals surface area contributed by atoms with Crippen LogP contribution in [0.1, 0.15) is 52.7 Å². The summed E-state index contributed by atoms with van der Waals surface area (Å²) in [6.45, 7) is 2.37. The molecule has 0 N–H and O–H groups in total. The van der Waals surface area contributed by atoms with E-state index in [1.807, 2.05) is 31.2 Å². The van der Waals surface area contributed by atoms with Crippen molar-refractivity contribution in [2.24, 2.45) is 5.92 Å². The SMILES string of the molecule is COC(=O)N1CC[C@@H]2[C@H]1CCC[C@]2(C#Cc1cccc(C)c1)OC(=O)c1cccc(C(F)(F)F)c1. The number of amides is 1. The van der Waals surface area contributed by atoms with E-state index in [2.05, 4.69) is 11.8 Å². The van der Waals surface area contributed by atoms with Gasteiger partial charge in [0.25, 0.3) is 0 Å². The zero-order chi connectivity index (χ0) is 25.2. The van der Waals surface area contributed by atoms with Gasteiger partial charge in [0, 0.05) is 24.1 Å². The second-order valence-corrected chi connectivity index (χ2v) is 9.00. The van der Waals surface area contributed by atoms with Crippen LogP contribution in [-0.4, -0.2) is 42.3 Å². The summed E-state index contributed by atoms with van der Waals surface area (Å²) in [6, 6.07) is 11.5. The first-order valence-electron chi connectivity index (χ1n) is 11.5. The molecule has 5 nitrogen and oxygen atoms in total. The Kier molecular flexibility index (Phi) is 6.79. The van der Waals surface area contributed by atoms with E-state index in [0.717, 1.165) is 23.3 Å². The smallest absolute Gasteiger partial charge is 0.416 e. The number of ether oxygens (including phenoxy) is 2. The Bertz CT molecular complexity index is 1180. The topological polar surface area (TPSA) is 55.8 Å². The predicted molar refractivity (Wildman–Crippen MR) is 123 cm³/mol. The Morgan fingerprint density at radius 2 is 1.89 bits per heavy atom. The number of esters is 1. The normalized spacial score (nSPS) is 23.6. The Morgan fingerprint density at radius 3 is 2.60 bits per heavy atom. The number of carbonyl (C=O) groups is 2. The molecule has 184 valence electrons. The second kappa shape index (κ2) is 9.65. The first-order chi connectivity index (χ1) is 16.6. The quantitative estimate of drug-likeness (QED) is 0.410. The van der Waals surface area contributed by atoms with Crippen molar-refractivity contribution in [1.29, 1.82) is 0 Å². The van der Waals surface area contributed by atoms with Gasteiger partial charge in [0.05, 0.1) is 18.2 Å². The zero-order valence-electron chi connectivity index (χ0n) is 19.5. The molecular formula is C27H26F3NO4. The minimum Gasteiger partial charge on any atom is -0.453 e. The Morgan fingerprint density at radius 1 is 1.11 bits per heavy atom. The lowest BCUT2D eigenvalue weighted by molar-refractivity contribution is -0.137. The number of benzene rings is 2. The first-order valence-corrected chi connectivity index (χ1v) is 11.5. The standard InChI is InChI=1S/C27H26F3NO4/c1-18-6-3-7-19(16-18)11-14-26(13-5-10-23-22(26)12-15-31(23)25(33)34-2)35-24(32)20-8-4-9-21(17-20)27(28,29)30/h3-4,6-9,16-17,22-23H,5,10,12-13,15H2,1-2H3/t22-,23-,26-/m1/s1. The van der Waals surface area contributed by atoms with Gasteiger partial charge in [-0.2, -0.15) is 13.2 Å². The highest BCUT2D eigenvalue weighted by molar-refractivity contribution is 5.90. The molecule has 1 aliphatic heterocycles. The van der Waals surface area contributed by atoms with Crippen LogP contribution >= 0.6 is 0 Å². The van der Waals surface area contributed by atoms with Crippen LogP contribution in [0.2, 0.25) is 0 Å². The molecule has 0 bridgehead atoms. The average molecular weight is 486 g/mol. The maximum Gasteiger partial charge on any atom is 0.416 e. The summed E-state index contributed by atoms with van der Waals surface area (Å²) < 4.78 is 50.6. The van der Waals surface area contributed by atoms with Crippen LogP contribution in [0, 0.1) is 24.7 Å². The number of rotatable bonds is 2. The van der Waals surface area contributed by atoms with Gasteiger partial charge in [-0.25, -0.2) is 9.59 Å². The molecule has 1 heterocycles. The van der Waals surface area contributed by atoms with E-state index >= 15 is 0 Å². The third-order valence-corrected chi connectivity index (χ3v) is 6.74. The highest BCUT2D eigenvalue weighted by Gasteiger charge is 2.54. The minimum absolute atomic E-state index is 0.193. The fraction of sp³-hybridized carbons (Fsp3) is 0.407. The monoisotopic (exact) mass is 485 g/mol. The third-order valence-electron chi connectivity index (χ3n) is 6.74. The lowest BCUT2D eigenvalue weighted by atomic mass is 9.72. The number of methoxy groups -OCH3 is 1.